The van der Waals surface area contributed by atoms with Crippen LogP contribution in [0.3, 0.4) is 0 Å². The Balaban J connectivity index is 2.14. The molecule has 1 N–H and O–H groups in total. The minimum atomic E-state index is 0.389. The quantitative estimate of drug-likeness (QED) is 0.633. The summed E-state index contributed by atoms with van der Waals surface area (Å²) >= 11 is 0. The van der Waals surface area contributed by atoms with Gasteiger partial charge in [0.25, 0.3) is 0 Å². The molecule has 1 heterocycles. The summed E-state index contributed by atoms with van der Waals surface area (Å²) in [5.41, 5.74) is 0. The highest BCUT2D eigenvalue weighted by Crippen LogP contribution is 2.05. The highest BCUT2D eigenvalue weighted by molar-refractivity contribution is 4.73. The molecule has 1 fully saturated rings. The summed E-state index contributed by atoms with van der Waals surface area (Å²) in [5, 5.41) is 3.34. The van der Waals surface area contributed by atoms with E-state index in [2.05, 4.69) is 36.0 Å². The molecule has 0 amide bonds. The van der Waals surface area contributed by atoms with Crippen LogP contribution >= 0.6 is 0 Å². The minimum absolute atomic E-state index is 0.389. The molecule has 0 aromatic heterocycles. The van der Waals surface area contributed by atoms with Crippen LogP contribution in [0.25, 0.3) is 0 Å². The van der Waals surface area contributed by atoms with Crippen LogP contribution in [0, 0.1) is 0 Å². The zero-order valence-electron chi connectivity index (χ0n) is 11.0. The second kappa shape index (κ2) is 8.01. The van der Waals surface area contributed by atoms with E-state index in [0.717, 1.165) is 52.4 Å². The van der Waals surface area contributed by atoms with E-state index in [0.29, 0.717) is 6.10 Å². The molecule has 0 aromatic carbocycles. The van der Waals surface area contributed by atoms with Crippen LogP contribution in [-0.2, 0) is 4.74 Å². The largest absolute Gasteiger partial charge is 0.374 e. The molecule has 0 aromatic rings. The third-order valence-electron chi connectivity index (χ3n) is 3.11. The van der Waals surface area contributed by atoms with E-state index in [1.807, 2.05) is 0 Å². The van der Waals surface area contributed by atoms with Gasteiger partial charge >= 0.3 is 0 Å². The summed E-state index contributed by atoms with van der Waals surface area (Å²) < 4.78 is 5.78. The Morgan fingerprint density at radius 2 is 2.25 bits per heavy atom. The lowest BCUT2D eigenvalue weighted by Crippen LogP contribution is -2.47. The first kappa shape index (κ1) is 13.9. The van der Waals surface area contributed by atoms with Gasteiger partial charge in [0, 0.05) is 32.7 Å². The van der Waals surface area contributed by atoms with Crippen molar-refractivity contribution in [3.63, 3.8) is 0 Å². The Kier molecular flexibility index (Phi) is 6.96. The molecule has 0 radical (unpaired) electrons. The van der Waals surface area contributed by atoms with Gasteiger partial charge in [0.15, 0.2) is 0 Å². The van der Waals surface area contributed by atoms with E-state index in [1.54, 1.807) is 0 Å². The number of nitrogens with zero attached hydrogens (tertiary/aromatic N) is 2. The fourth-order valence-corrected chi connectivity index (χ4v) is 2.06. The summed E-state index contributed by atoms with van der Waals surface area (Å²) in [7, 11) is 2.17. The average molecular weight is 229 g/mol. The third-order valence-corrected chi connectivity index (χ3v) is 3.11. The second-order valence-electron chi connectivity index (χ2n) is 4.50. The van der Waals surface area contributed by atoms with E-state index in [9.17, 15) is 0 Å². The highest BCUT2D eigenvalue weighted by Gasteiger charge is 2.20. The van der Waals surface area contributed by atoms with Gasteiger partial charge in [-0.15, -0.1) is 0 Å². The van der Waals surface area contributed by atoms with Gasteiger partial charge in [-0.3, -0.25) is 4.90 Å². The molecule has 0 saturated carbocycles. The van der Waals surface area contributed by atoms with Crippen LogP contribution in [0.2, 0.25) is 0 Å². The monoisotopic (exact) mass is 229 g/mol. The smallest absolute Gasteiger partial charge is 0.0829 e. The van der Waals surface area contributed by atoms with Crippen LogP contribution in [0.5, 0.6) is 0 Å². The van der Waals surface area contributed by atoms with Crippen molar-refractivity contribution in [2.75, 3.05) is 59.5 Å². The zero-order valence-corrected chi connectivity index (χ0v) is 11.0. The molecule has 0 bridgehead atoms. The fourth-order valence-electron chi connectivity index (χ4n) is 2.06. The van der Waals surface area contributed by atoms with Crippen molar-refractivity contribution in [3.8, 4) is 0 Å². The normalized spacial score (nSPS) is 22.9. The molecule has 1 aliphatic rings. The lowest BCUT2D eigenvalue weighted by molar-refractivity contribution is -0.0387. The molecule has 4 heteroatoms. The number of morpholine rings is 1. The first-order valence-electron chi connectivity index (χ1n) is 6.49. The Morgan fingerprint density at radius 3 is 2.94 bits per heavy atom. The molecule has 1 rings (SSSR count). The van der Waals surface area contributed by atoms with Crippen LogP contribution in [0.15, 0.2) is 0 Å². The summed E-state index contributed by atoms with van der Waals surface area (Å²) in [6.07, 6.45) is 0.389. The Bertz CT molecular complexity index is 178. The van der Waals surface area contributed by atoms with Crippen LogP contribution < -0.4 is 5.32 Å². The predicted molar refractivity (Wildman–Crippen MR) is 67.9 cm³/mol. The zero-order chi connectivity index (χ0) is 11.8. The van der Waals surface area contributed by atoms with Gasteiger partial charge in [0.2, 0.25) is 0 Å². The number of rotatable bonds is 7. The third kappa shape index (κ3) is 5.25. The van der Waals surface area contributed by atoms with Crippen molar-refractivity contribution in [2.24, 2.45) is 0 Å². The maximum absolute atomic E-state index is 5.78. The van der Waals surface area contributed by atoms with Gasteiger partial charge in [0.1, 0.15) is 0 Å². The van der Waals surface area contributed by atoms with E-state index < -0.39 is 0 Å². The lowest BCUT2D eigenvalue weighted by Gasteiger charge is -2.34. The molecule has 1 aliphatic heterocycles. The van der Waals surface area contributed by atoms with Gasteiger partial charge in [-0.25, -0.2) is 0 Å². The maximum atomic E-state index is 5.78. The maximum Gasteiger partial charge on any atom is 0.0829 e. The van der Waals surface area contributed by atoms with Crippen LogP contribution in [0.4, 0.5) is 0 Å². The Morgan fingerprint density at radius 1 is 1.44 bits per heavy atom. The van der Waals surface area contributed by atoms with E-state index >= 15 is 0 Å². The summed E-state index contributed by atoms with van der Waals surface area (Å²) in [5.74, 6) is 0. The molecule has 16 heavy (non-hydrogen) atoms. The standard InChI is InChI=1S/C12H27N3O/c1-4-13-6-7-14(3)10-12-11-15(5-2)8-9-16-12/h12-13H,4-11H2,1-3H3. The minimum Gasteiger partial charge on any atom is -0.374 e. The van der Waals surface area contributed by atoms with Crippen LogP contribution in [0.1, 0.15) is 13.8 Å². The van der Waals surface area contributed by atoms with Crippen molar-refractivity contribution in [3.05, 3.63) is 0 Å². The molecule has 4 nitrogen and oxygen atoms in total. The van der Waals surface area contributed by atoms with Crippen molar-refractivity contribution in [1.82, 2.24) is 15.1 Å². The van der Waals surface area contributed by atoms with Gasteiger partial charge < -0.3 is 15.0 Å². The first-order valence-corrected chi connectivity index (χ1v) is 6.49. The first-order chi connectivity index (χ1) is 7.76. The number of likely N-dealkylation sites (N-methyl/N-ethyl adjacent to an activating group) is 3. The predicted octanol–water partition coefficient (Wildman–Crippen LogP) is 0.248. The molecule has 96 valence electrons. The number of hydrogen-bond acceptors (Lipinski definition) is 4. The summed E-state index contributed by atoms with van der Waals surface area (Å²) in [6, 6.07) is 0. The van der Waals surface area contributed by atoms with Gasteiger partial charge in [-0.2, -0.15) is 0 Å². The Hall–Kier alpha value is -0.160. The molecular weight excluding hydrogens is 202 g/mol. The van der Waals surface area contributed by atoms with Gasteiger partial charge in [-0.1, -0.05) is 13.8 Å². The molecule has 1 saturated heterocycles. The second-order valence-corrected chi connectivity index (χ2v) is 4.50. The SMILES string of the molecule is CCNCCN(C)CC1CN(CC)CCO1. The number of hydrogen-bond donors (Lipinski definition) is 1. The van der Waals surface area contributed by atoms with Crippen LogP contribution in [-0.4, -0.2) is 75.4 Å². The molecular formula is C12H27N3O. The van der Waals surface area contributed by atoms with E-state index in [1.165, 1.54) is 0 Å². The lowest BCUT2D eigenvalue weighted by atomic mass is 10.2. The highest BCUT2D eigenvalue weighted by atomic mass is 16.5. The molecule has 0 spiro atoms. The molecule has 0 aliphatic carbocycles. The average Bonchev–Trinajstić information content (AvgIpc) is 2.29. The van der Waals surface area contributed by atoms with Gasteiger partial charge in [-0.05, 0) is 20.1 Å². The number of ether oxygens (including phenoxy) is 1. The van der Waals surface area contributed by atoms with Crippen molar-refractivity contribution < 1.29 is 4.74 Å². The number of nitrogens with one attached hydrogen (secondary N) is 1. The van der Waals surface area contributed by atoms with E-state index in [4.69, 9.17) is 4.74 Å². The fraction of sp³-hybridized carbons (Fsp3) is 1.00. The molecule has 1 unspecified atom stereocenters. The summed E-state index contributed by atoms with van der Waals surface area (Å²) in [4.78, 5) is 4.82. The molecule has 1 atom stereocenters. The summed E-state index contributed by atoms with van der Waals surface area (Å²) in [6.45, 7) is 12.8. The van der Waals surface area contributed by atoms with Crippen molar-refractivity contribution >= 4 is 0 Å². The van der Waals surface area contributed by atoms with Crippen molar-refractivity contribution in [1.29, 1.82) is 0 Å². The topological polar surface area (TPSA) is 27.7 Å². The Labute approximate surface area is 99.9 Å². The van der Waals surface area contributed by atoms with Gasteiger partial charge in [0.05, 0.1) is 12.7 Å². The van der Waals surface area contributed by atoms with E-state index in [-0.39, 0.29) is 0 Å². The van der Waals surface area contributed by atoms with Crippen molar-refractivity contribution in [2.45, 2.75) is 20.0 Å².